The highest BCUT2D eigenvalue weighted by Crippen LogP contribution is 2.28. The molecule has 0 bridgehead atoms. The summed E-state index contributed by atoms with van der Waals surface area (Å²) in [6.07, 6.45) is 11.3. The van der Waals surface area contributed by atoms with Crippen molar-refractivity contribution in [3.05, 3.63) is 0 Å². The van der Waals surface area contributed by atoms with Crippen LogP contribution < -0.4 is 10.6 Å². The first-order valence-electron chi connectivity index (χ1n) is 8.54. The van der Waals surface area contributed by atoms with Crippen LogP contribution in [0.1, 0.15) is 64.2 Å². The molecule has 0 spiro atoms. The Balaban J connectivity index is 1.45. The van der Waals surface area contributed by atoms with Gasteiger partial charge in [-0.05, 0) is 32.1 Å². The zero-order valence-electron chi connectivity index (χ0n) is 13.0. The van der Waals surface area contributed by atoms with Gasteiger partial charge < -0.3 is 20.5 Å². The van der Waals surface area contributed by atoms with Gasteiger partial charge in [0.2, 0.25) is 0 Å². The lowest BCUT2D eigenvalue weighted by Crippen LogP contribution is -2.45. The van der Waals surface area contributed by atoms with E-state index in [4.69, 9.17) is 4.74 Å². The van der Waals surface area contributed by atoms with Crippen molar-refractivity contribution in [3.63, 3.8) is 0 Å². The summed E-state index contributed by atoms with van der Waals surface area (Å²) in [5, 5.41) is 15.7. The number of urea groups is 1. The number of ether oxygens (including phenoxy) is 1. The fourth-order valence-corrected chi connectivity index (χ4v) is 3.27. The Morgan fingerprint density at radius 1 is 1.10 bits per heavy atom. The van der Waals surface area contributed by atoms with Crippen molar-refractivity contribution in [2.24, 2.45) is 0 Å². The minimum Gasteiger partial charge on any atom is -0.388 e. The SMILES string of the molecule is O=C(NCCCOC1CCCCC1)NCC1(O)CCCC1. The van der Waals surface area contributed by atoms with Crippen LogP contribution in [-0.4, -0.2) is 42.5 Å². The van der Waals surface area contributed by atoms with E-state index in [-0.39, 0.29) is 6.03 Å². The van der Waals surface area contributed by atoms with Gasteiger partial charge >= 0.3 is 6.03 Å². The van der Waals surface area contributed by atoms with E-state index in [1.165, 1.54) is 32.1 Å². The molecule has 122 valence electrons. The summed E-state index contributed by atoms with van der Waals surface area (Å²) < 4.78 is 5.81. The molecule has 2 amide bonds. The number of hydrogen-bond acceptors (Lipinski definition) is 3. The van der Waals surface area contributed by atoms with Gasteiger partial charge in [-0.2, -0.15) is 0 Å². The van der Waals surface area contributed by atoms with Crippen LogP contribution in [0.15, 0.2) is 0 Å². The molecule has 2 fully saturated rings. The maximum atomic E-state index is 11.6. The summed E-state index contributed by atoms with van der Waals surface area (Å²) in [4.78, 5) is 11.6. The predicted molar refractivity (Wildman–Crippen MR) is 82.3 cm³/mol. The fraction of sp³-hybridized carbons (Fsp3) is 0.938. The highest BCUT2D eigenvalue weighted by Gasteiger charge is 2.31. The van der Waals surface area contributed by atoms with Gasteiger partial charge in [0.15, 0.2) is 0 Å². The average molecular weight is 298 g/mol. The number of hydrogen-bond donors (Lipinski definition) is 3. The second-order valence-electron chi connectivity index (χ2n) is 6.53. The van der Waals surface area contributed by atoms with E-state index in [0.717, 1.165) is 38.7 Å². The summed E-state index contributed by atoms with van der Waals surface area (Å²) in [5.41, 5.74) is -0.679. The Kier molecular flexibility index (Phi) is 6.77. The van der Waals surface area contributed by atoms with E-state index in [1.807, 2.05) is 0 Å². The first-order valence-corrected chi connectivity index (χ1v) is 8.54. The van der Waals surface area contributed by atoms with Crippen LogP contribution in [0.4, 0.5) is 4.79 Å². The van der Waals surface area contributed by atoms with Crippen LogP contribution in [0.25, 0.3) is 0 Å². The van der Waals surface area contributed by atoms with E-state index in [2.05, 4.69) is 10.6 Å². The van der Waals surface area contributed by atoms with Crippen molar-refractivity contribution in [2.45, 2.75) is 75.9 Å². The lowest BCUT2D eigenvalue weighted by Gasteiger charge is -2.23. The lowest BCUT2D eigenvalue weighted by atomic mass is 9.98. The molecule has 2 aliphatic carbocycles. The third-order valence-corrected chi connectivity index (χ3v) is 4.62. The molecule has 0 unspecified atom stereocenters. The van der Waals surface area contributed by atoms with E-state index in [1.54, 1.807) is 0 Å². The van der Waals surface area contributed by atoms with Crippen LogP contribution >= 0.6 is 0 Å². The minimum atomic E-state index is -0.679. The summed E-state index contributed by atoms with van der Waals surface area (Å²) in [6, 6.07) is -0.187. The van der Waals surface area contributed by atoms with Gasteiger partial charge in [-0.15, -0.1) is 0 Å². The molecule has 3 N–H and O–H groups in total. The van der Waals surface area contributed by atoms with Crippen molar-refractivity contribution >= 4 is 6.03 Å². The summed E-state index contributed by atoms with van der Waals surface area (Å²) in [6.45, 7) is 1.70. The zero-order valence-corrected chi connectivity index (χ0v) is 13.0. The Morgan fingerprint density at radius 3 is 2.52 bits per heavy atom. The fourth-order valence-electron chi connectivity index (χ4n) is 3.27. The van der Waals surface area contributed by atoms with Crippen LogP contribution in [-0.2, 0) is 4.74 Å². The second kappa shape index (κ2) is 8.59. The van der Waals surface area contributed by atoms with Crippen molar-refractivity contribution in [3.8, 4) is 0 Å². The predicted octanol–water partition coefficient (Wildman–Crippen LogP) is 2.33. The van der Waals surface area contributed by atoms with Crippen molar-refractivity contribution in [1.29, 1.82) is 0 Å². The summed E-state index contributed by atoms with van der Waals surface area (Å²) >= 11 is 0. The van der Waals surface area contributed by atoms with Crippen LogP contribution in [0, 0.1) is 0 Å². The molecule has 2 rings (SSSR count). The van der Waals surface area contributed by atoms with Gasteiger partial charge in [0.1, 0.15) is 0 Å². The molecule has 0 aromatic carbocycles. The molecule has 21 heavy (non-hydrogen) atoms. The van der Waals surface area contributed by atoms with Gasteiger partial charge in [0, 0.05) is 19.7 Å². The molecular formula is C16H30N2O3. The van der Waals surface area contributed by atoms with E-state index < -0.39 is 5.60 Å². The van der Waals surface area contributed by atoms with E-state index >= 15 is 0 Å². The van der Waals surface area contributed by atoms with Gasteiger partial charge in [-0.1, -0.05) is 32.1 Å². The Morgan fingerprint density at radius 2 is 1.81 bits per heavy atom. The molecule has 0 atom stereocenters. The van der Waals surface area contributed by atoms with E-state index in [0.29, 0.717) is 19.2 Å². The average Bonchev–Trinajstić information content (AvgIpc) is 2.93. The zero-order chi connectivity index (χ0) is 15.0. The molecule has 0 aromatic heterocycles. The van der Waals surface area contributed by atoms with Crippen molar-refractivity contribution in [2.75, 3.05) is 19.7 Å². The second-order valence-corrected chi connectivity index (χ2v) is 6.53. The standard InChI is InChI=1S/C16H30N2O3/c19-15(18-13-16(20)9-4-5-10-16)17-11-6-12-21-14-7-2-1-3-8-14/h14,20H,1-13H2,(H2,17,18,19). The third-order valence-electron chi connectivity index (χ3n) is 4.62. The Labute approximate surface area is 127 Å². The topological polar surface area (TPSA) is 70.6 Å². The number of nitrogens with one attached hydrogen (secondary N) is 2. The molecular weight excluding hydrogens is 268 g/mol. The summed E-state index contributed by atoms with van der Waals surface area (Å²) in [7, 11) is 0. The molecule has 2 aliphatic rings. The first kappa shape index (κ1) is 16.6. The number of rotatable bonds is 7. The number of carbonyl (C=O) groups is 1. The normalized spacial score (nSPS) is 22.1. The van der Waals surface area contributed by atoms with Crippen LogP contribution in [0.3, 0.4) is 0 Å². The van der Waals surface area contributed by atoms with Crippen molar-refractivity contribution in [1.82, 2.24) is 10.6 Å². The number of aliphatic hydroxyl groups is 1. The van der Waals surface area contributed by atoms with Gasteiger partial charge in [0.25, 0.3) is 0 Å². The highest BCUT2D eigenvalue weighted by molar-refractivity contribution is 5.73. The quantitative estimate of drug-likeness (QED) is 0.632. The minimum absolute atomic E-state index is 0.187. The molecule has 0 radical (unpaired) electrons. The highest BCUT2D eigenvalue weighted by atomic mass is 16.5. The van der Waals surface area contributed by atoms with Gasteiger partial charge in [0.05, 0.1) is 11.7 Å². The molecule has 0 saturated heterocycles. The third kappa shape index (κ3) is 6.22. The first-order chi connectivity index (χ1) is 10.2. The molecule has 2 saturated carbocycles. The van der Waals surface area contributed by atoms with E-state index in [9.17, 15) is 9.90 Å². The maximum Gasteiger partial charge on any atom is 0.314 e. The Bertz CT molecular complexity index is 311. The van der Waals surface area contributed by atoms with Crippen LogP contribution in [0.2, 0.25) is 0 Å². The lowest BCUT2D eigenvalue weighted by molar-refractivity contribution is 0.0274. The monoisotopic (exact) mass is 298 g/mol. The largest absolute Gasteiger partial charge is 0.388 e. The molecule has 0 heterocycles. The molecule has 5 nitrogen and oxygen atoms in total. The molecule has 0 aromatic rings. The summed E-state index contributed by atoms with van der Waals surface area (Å²) in [5.74, 6) is 0. The smallest absolute Gasteiger partial charge is 0.314 e. The molecule has 0 aliphatic heterocycles. The van der Waals surface area contributed by atoms with Gasteiger partial charge in [-0.25, -0.2) is 4.79 Å². The van der Waals surface area contributed by atoms with Crippen molar-refractivity contribution < 1.29 is 14.6 Å². The van der Waals surface area contributed by atoms with Gasteiger partial charge in [-0.3, -0.25) is 0 Å². The number of carbonyl (C=O) groups excluding carboxylic acids is 1. The molecule has 5 heteroatoms. The Hall–Kier alpha value is -0.810. The van der Waals surface area contributed by atoms with Crippen LogP contribution in [0.5, 0.6) is 0 Å². The maximum absolute atomic E-state index is 11.6. The number of amides is 2.